The van der Waals surface area contributed by atoms with Crippen LogP contribution >= 0.6 is 12.0 Å². The molecule has 1 aromatic rings. The maximum absolute atomic E-state index is 8.92. The van der Waals surface area contributed by atoms with Crippen LogP contribution in [-0.2, 0) is 9.22 Å². The van der Waals surface area contributed by atoms with Gasteiger partial charge in [-0.25, -0.2) is 0 Å². The fourth-order valence-corrected chi connectivity index (χ4v) is 2.43. The van der Waals surface area contributed by atoms with Crippen molar-refractivity contribution in [1.82, 2.24) is 0 Å². The van der Waals surface area contributed by atoms with Gasteiger partial charge >= 0.3 is 0 Å². The molecule has 0 heterocycles. The summed E-state index contributed by atoms with van der Waals surface area (Å²) in [7, 11) is 0. The Labute approximate surface area is 135 Å². The molecule has 5 nitrogen and oxygen atoms in total. The van der Waals surface area contributed by atoms with Gasteiger partial charge in [-0.05, 0) is 43.4 Å². The molecule has 0 aliphatic heterocycles. The predicted octanol–water partition coefficient (Wildman–Crippen LogP) is 4.10. The number of rotatable bonds is 8. The summed E-state index contributed by atoms with van der Waals surface area (Å²) in [6.45, 7) is 4.04. The molecule has 22 heavy (non-hydrogen) atoms. The maximum Gasteiger partial charge on any atom is 0.265 e. The van der Waals surface area contributed by atoms with Gasteiger partial charge in [0.2, 0.25) is 0 Å². The number of hydrogen-bond acceptors (Lipinski definition) is 6. The third kappa shape index (κ3) is 5.76. The van der Waals surface area contributed by atoms with E-state index in [1.807, 2.05) is 31.2 Å². The van der Waals surface area contributed by atoms with Gasteiger partial charge < -0.3 is 0 Å². The van der Waals surface area contributed by atoms with Gasteiger partial charge in [0.05, 0.1) is 18.1 Å². The van der Waals surface area contributed by atoms with Crippen molar-refractivity contribution >= 4 is 12.0 Å². The second-order valence-corrected chi connectivity index (χ2v) is 5.60. The van der Waals surface area contributed by atoms with E-state index in [2.05, 4.69) is 17.9 Å². The standard InChI is InChI=1S/C16H17N3O2S/c1-3-13(8-12(2)9-17)14-4-6-16(7-5-14)22-21-20-15(10-18)11-19/h4-7,12-13,15H,3,8H2,1-2H3. The molecule has 0 saturated heterocycles. The number of hydrogen-bond donors (Lipinski definition) is 0. The first-order valence-electron chi connectivity index (χ1n) is 6.93. The van der Waals surface area contributed by atoms with Gasteiger partial charge in [0.25, 0.3) is 6.10 Å². The van der Waals surface area contributed by atoms with Crippen molar-refractivity contribution in [3.05, 3.63) is 29.8 Å². The first-order chi connectivity index (χ1) is 10.6. The van der Waals surface area contributed by atoms with Crippen LogP contribution < -0.4 is 0 Å². The lowest BCUT2D eigenvalue weighted by Gasteiger charge is -2.16. The largest absolute Gasteiger partial charge is 0.265 e. The molecule has 6 heteroatoms. The number of nitrogens with zero attached hydrogens (tertiary/aromatic N) is 3. The average Bonchev–Trinajstić information content (AvgIpc) is 2.57. The van der Waals surface area contributed by atoms with Gasteiger partial charge in [-0.2, -0.15) is 25.0 Å². The molecule has 1 rings (SSSR count). The molecule has 2 atom stereocenters. The summed E-state index contributed by atoms with van der Waals surface area (Å²) >= 11 is 0.949. The van der Waals surface area contributed by atoms with Crippen molar-refractivity contribution in [3.63, 3.8) is 0 Å². The maximum atomic E-state index is 8.92. The highest BCUT2D eigenvalue weighted by Gasteiger charge is 2.13. The van der Waals surface area contributed by atoms with Crippen molar-refractivity contribution in [3.8, 4) is 18.2 Å². The Morgan fingerprint density at radius 3 is 2.23 bits per heavy atom. The lowest BCUT2D eigenvalue weighted by Crippen LogP contribution is -2.04. The van der Waals surface area contributed by atoms with E-state index in [1.165, 1.54) is 5.56 Å². The van der Waals surface area contributed by atoms with Crippen molar-refractivity contribution in [2.75, 3.05) is 0 Å². The summed E-state index contributed by atoms with van der Waals surface area (Å²) < 4.78 is 4.80. The summed E-state index contributed by atoms with van der Waals surface area (Å²) in [4.78, 5) is 5.42. The van der Waals surface area contributed by atoms with Crippen molar-refractivity contribution in [2.45, 2.75) is 43.6 Å². The molecule has 0 aromatic heterocycles. The van der Waals surface area contributed by atoms with Gasteiger partial charge in [0, 0.05) is 10.8 Å². The molecule has 0 fully saturated rings. The molecule has 0 aliphatic rings. The number of benzene rings is 1. The van der Waals surface area contributed by atoms with Crippen LogP contribution in [0.2, 0.25) is 0 Å². The quantitative estimate of drug-likeness (QED) is 0.407. The predicted molar refractivity (Wildman–Crippen MR) is 81.9 cm³/mol. The second kappa shape index (κ2) is 9.82. The van der Waals surface area contributed by atoms with Gasteiger partial charge in [-0.15, -0.1) is 0 Å². The third-order valence-corrected chi connectivity index (χ3v) is 3.81. The molecule has 0 N–H and O–H groups in total. The van der Waals surface area contributed by atoms with E-state index in [0.29, 0.717) is 5.92 Å². The van der Waals surface area contributed by atoms with Crippen LogP contribution in [0.1, 0.15) is 38.2 Å². The van der Waals surface area contributed by atoms with E-state index in [-0.39, 0.29) is 5.92 Å². The molecule has 0 amide bonds. The smallest absolute Gasteiger partial charge is 0.198 e. The molecule has 0 aliphatic carbocycles. The molecule has 0 bridgehead atoms. The Bertz CT molecular complexity index is 569. The summed E-state index contributed by atoms with van der Waals surface area (Å²) in [6.07, 6.45) is 0.582. The Balaban J connectivity index is 2.57. The SMILES string of the molecule is CCC(CC(C)C#N)c1ccc(SOOC(C#N)C#N)cc1. The lowest BCUT2D eigenvalue weighted by molar-refractivity contribution is -0.198. The van der Waals surface area contributed by atoms with Gasteiger partial charge in [-0.1, -0.05) is 19.1 Å². The van der Waals surface area contributed by atoms with E-state index in [9.17, 15) is 0 Å². The molecule has 2 unspecified atom stereocenters. The van der Waals surface area contributed by atoms with E-state index >= 15 is 0 Å². The van der Waals surface area contributed by atoms with Crippen LogP contribution in [0.4, 0.5) is 0 Å². The molecule has 1 aromatic carbocycles. The van der Waals surface area contributed by atoms with Gasteiger partial charge in [0.1, 0.15) is 12.1 Å². The van der Waals surface area contributed by atoms with E-state index in [1.54, 1.807) is 12.1 Å². The molecular formula is C16H17N3O2S. The molecular weight excluding hydrogens is 298 g/mol. The highest BCUT2D eigenvalue weighted by Crippen LogP contribution is 2.29. The average molecular weight is 315 g/mol. The van der Waals surface area contributed by atoms with Crippen molar-refractivity contribution < 1.29 is 9.22 Å². The van der Waals surface area contributed by atoms with Crippen LogP contribution in [-0.4, -0.2) is 6.10 Å². The Hall–Kier alpha value is -2.04. The Kier molecular flexibility index (Phi) is 8.04. The zero-order chi connectivity index (χ0) is 16.4. The fourth-order valence-electron chi connectivity index (χ4n) is 1.98. The summed E-state index contributed by atoms with van der Waals surface area (Å²) in [6, 6.07) is 13.3. The topological polar surface area (TPSA) is 89.8 Å². The molecule has 114 valence electrons. The zero-order valence-corrected chi connectivity index (χ0v) is 13.3. The third-order valence-electron chi connectivity index (χ3n) is 3.20. The Morgan fingerprint density at radius 1 is 1.09 bits per heavy atom. The monoisotopic (exact) mass is 315 g/mol. The van der Waals surface area contributed by atoms with E-state index in [4.69, 9.17) is 20.1 Å². The summed E-state index contributed by atoms with van der Waals surface area (Å²) in [5.74, 6) is 0.386. The normalized spacial score (nSPS) is 12.9. The summed E-state index contributed by atoms with van der Waals surface area (Å²) in [5, 5.41) is 26.0. The first kappa shape index (κ1) is 18.0. The minimum absolute atomic E-state index is 0.0321. The van der Waals surface area contributed by atoms with Crippen LogP contribution in [0.3, 0.4) is 0 Å². The highest BCUT2D eigenvalue weighted by molar-refractivity contribution is 7.94. The summed E-state index contributed by atoms with van der Waals surface area (Å²) in [5.41, 5.74) is 1.18. The lowest BCUT2D eigenvalue weighted by atomic mass is 9.88. The molecule has 0 radical (unpaired) electrons. The minimum Gasteiger partial charge on any atom is -0.198 e. The fraction of sp³-hybridized carbons (Fsp3) is 0.438. The molecule has 0 saturated carbocycles. The van der Waals surface area contributed by atoms with Crippen molar-refractivity contribution in [1.29, 1.82) is 15.8 Å². The first-order valence-corrected chi connectivity index (χ1v) is 7.67. The highest BCUT2D eigenvalue weighted by atomic mass is 32.2. The van der Waals surface area contributed by atoms with Crippen LogP contribution in [0, 0.1) is 39.9 Å². The van der Waals surface area contributed by atoms with Gasteiger partial charge in [-0.3, -0.25) is 0 Å². The van der Waals surface area contributed by atoms with Crippen molar-refractivity contribution in [2.24, 2.45) is 5.92 Å². The van der Waals surface area contributed by atoms with Crippen LogP contribution in [0.25, 0.3) is 0 Å². The molecule has 0 spiro atoms. The Morgan fingerprint density at radius 2 is 1.73 bits per heavy atom. The van der Waals surface area contributed by atoms with E-state index < -0.39 is 6.10 Å². The number of nitriles is 3. The second-order valence-electron chi connectivity index (χ2n) is 4.83. The minimum atomic E-state index is -1.23. The van der Waals surface area contributed by atoms with Crippen LogP contribution in [0.5, 0.6) is 0 Å². The van der Waals surface area contributed by atoms with Crippen LogP contribution in [0.15, 0.2) is 29.2 Å². The van der Waals surface area contributed by atoms with E-state index in [0.717, 1.165) is 29.8 Å². The van der Waals surface area contributed by atoms with Gasteiger partial charge in [0.15, 0.2) is 0 Å². The zero-order valence-electron chi connectivity index (χ0n) is 12.5.